The van der Waals surface area contributed by atoms with Gasteiger partial charge in [0.1, 0.15) is 0 Å². The van der Waals surface area contributed by atoms with Crippen LogP contribution in [0.5, 0.6) is 0 Å². The van der Waals surface area contributed by atoms with Crippen molar-refractivity contribution < 1.29 is 9.53 Å². The summed E-state index contributed by atoms with van der Waals surface area (Å²) in [5, 5.41) is 0. The number of esters is 1. The highest BCUT2D eigenvalue weighted by Crippen LogP contribution is 2.22. The number of carbonyl (C=O) groups is 1. The molecule has 0 heterocycles. The summed E-state index contributed by atoms with van der Waals surface area (Å²) in [6.07, 6.45) is 15.8. The van der Waals surface area contributed by atoms with Crippen molar-refractivity contribution in [3.63, 3.8) is 0 Å². The lowest BCUT2D eigenvalue weighted by atomic mass is 9.91. The van der Waals surface area contributed by atoms with Gasteiger partial charge < -0.3 is 4.74 Å². The van der Waals surface area contributed by atoms with Crippen molar-refractivity contribution in [2.24, 2.45) is 5.92 Å². The first-order chi connectivity index (χ1) is 10.6. The van der Waals surface area contributed by atoms with E-state index in [1.165, 1.54) is 64.2 Å². The van der Waals surface area contributed by atoms with E-state index in [2.05, 4.69) is 20.4 Å². The summed E-state index contributed by atoms with van der Waals surface area (Å²) in [6, 6.07) is 0. The Morgan fingerprint density at radius 3 is 2.05 bits per heavy atom. The van der Waals surface area contributed by atoms with Crippen molar-refractivity contribution in [3.8, 4) is 0 Å². The maximum Gasteiger partial charge on any atom is 0.333 e. The van der Waals surface area contributed by atoms with E-state index in [9.17, 15) is 4.79 Å². The largest absolute Gasteiger partial charge is 0.462 e. The lowest BCUT2D eigenvalue weighted by Gasteiger charge is -2.15. The predicted molar refractivity (Wildman–Crippen MR) is 96.0 cm³/mol. The van der Waals surface area contributed by atoms with Gasteiger partial charge in [-0.3, -0.25) is 0 Å². The van der Waals surface area contributed by atoms with Crippen molar-refractivity contribution in [1.82, 2.24) is 0 Å². The third kappa shape index (κ3) is 12.9. The van der Waals surface area contributed by atoms with Crippen LogP contribution in [0, 0.1) is 5.92 Å². The van der Waals surface area contributed by atoms with Gasteiger partial charge in [-0.05, 0) is 19.3 Å². The Bertz CT molecular complexity index is 283. The van der Waals surface area contributed by atoms with Gasteiger partial charge in [0.05, 0.1) is 6.61 Å². The predicted octanol–water partition coefficient (Wildman–Crippen LogP) is 6.44. The van der Waals surface area contributed by atoms with Gasteiger partial charge in [-0.15, -0.1) is 0 Å². The number of rotatable bonds is 15. The van der Waals surface area contributed by atoms with Gasteiger partial charge in [-0.1, -0.05) is 91.1 Å². The SMILES string of the molecule is C=C(C)C(=O)OCCCCCCCC(CCC)CCCCC. The first-order valence-corrected chi connectivity index (χ1v) is 9.44. The molecule has 2 heteroatoms. The maximum atomic E-state index is 11.2. The fourth-order valence-corrected chi connectivity index (χ4v) is 2.88. The number of unbranched alkanes of at least 4 members (excludes halogenated alkanes) is 6. The molecular formula is C20H38O2. The van der Waals surface area contributed by atoms with Crippen molar-refractivity contribution in [2.45, 2.75) is 97.8 Å². The molecule has 0 saturated heterocycles. The van der Waals surface area contributed by atoms with Crippen LogP contribution in [-0.4, -0.2) is 12.6 Å². The van der Waals surface area contributed by atoms with E-state index in [0.717, 1.165) is 18.8 Å². The molecule has 0 aromatic carbocycles. The lowest BCUT2D eigenvalue weighted by Crippen LogP contribution is -2.06. The Balaban J connectivity index is 3.48. The minimum atomic E-state index is -0.255. The number of carbonyl (C=O) groups excluding carboxylic acids is 1. The molecule has 0 rings (SSSR count). The fourth-order valence-electron chi connectivity index (χ4n) is 2.88. The van der Waals surface area contributed by atoms with Crippen molar-refractivity contribution in [1.29, 1.82) is 0 Å². The Morgan fingerprint density at radius 1 is 0.864 bits per heavy atom. The highest BCUT2D eigenvalue weighted by atomic mass is 16.5. The molecule has 0 aromatic rings. The van der Waals surface area contributed by atoms with E-state index in [-0.39, 0.29) is 5.97 Å². The van der Waals surface area contributed by atoms with Crippen LogP contribution in [0.1, 0.15) is 97.8 Å². The first-order valence-electron chi connectivity index (χ1n) is 9.44. The first kappa shape index (κ1) is 21.2. The molecule has 2 nitrogen and oxygen atoms in total. The molecule has 1 unspecified atom stereocenters. The molecule has 0 aliphatic heterocycles. The van der Waals surface area contributed by atoms with E-state index in [4.69, 9.17) is 4.74 Å². The topological polar surface area (TPSA) is 26.3 Å². The summed E-state index contributed by atoms with van der Waals surface area (Å²) in [4.78, 5) is 11.2. The average molecular weight is 311 g/mol. The monoisotopic (exact) mass is 310 g/mol. The number of hydrogen-bond acceptors (Lipinski definition) is 2. The van der Waals surface area contributed by atoms with Crippen LogP contribution in [0.3, 0.4) is 0 Å². The zero-order valence-corrected chi connectivity index (χ0v) is 15.3. The van der Waals surface area contributed by atoms with E-state index < -0.39 is 0 Å². The molecule has 0 radical (unpaired) electrons. The third-order valence-corrected chi connectivity index (χ3v) is 4.25. The minimum absolute atomic E-state index is 0.255. The van der Waals surface area contributed by atoms with Crippen molar-refractivity contribution in [2.75, 3.05) is 6.61 Å². The molecular weight excluding hydrogens is 272 g/mol. The zero-order valence-electron chi connectivity index (χ0n) is 15.3. The molecule has 0 aliphatic carbocycles. The van der Waals surface area contributed by atoms with Crippen LogP contribution in [0.4, 0.5) is 0 Å². The van der Waals surface area contributed by atoms with Crippen LogP contribution in [0.25, 0.3) is 0 Å². The second-order valence-electron chi connectivity index (χ2n) is 6.62. The Kier molecular flexibility index (Phi) is 14.6. The zero-order chi connectivity index (χ0) is 16.6. The van der Waals surface area contributed by atoms with Crippen LogP contribution in [-0.2, 0) is 9.53 Å². The van der Waals surface area contributed by atoms with Gasteiger partial charge in [-0.25, -0.2) is 4.79 Å². The second kappa shape index (κ2) is 15.1. The molecule has 130 valence electrons. The van der Waals surface area contributed by atoms with Gasteiger partial charge in [0.15, 0.2) is 0 Å². The van der Waals surface area contributed by atoms with E-state index in [0.29, 0.717) is 12.2 Å². The summed E-state index contributed by atoms with van der Waals surface area (Å²) in [5.41, 5.74) is 0.491. The quantitative estimate of drug-likeness (QED) is 0.197. The van der Waals surface area contributed by atoms with E-state index >= 15 is 0 Å². The Hall–Kier alpha value is -0.790. The van der Waals surface area contributed by atoms with Gasteiger partial charge in [0, 0.05) is 5.57 Å². The molecule has 1 atom stereocenters. The van der Waals surface area contributed by atoms with Crippen LogP contribution < -0.4 is 0 Å². The molecule has 22 heavy (non-hydrogen) atoms. The molecule has 0 aliphatic rings. The van der Waals surface area contributed by atoms with Gasteiger partial charge in [-0.2, -0.15) is 0 Å². The highest BCUT2D eigenvalue weighted by molar-refractivity contribution is 5.86. The lowest BCUT2D eigenvalue weighted by molar-refractivity contribution is -0.139. The molecule has 0 saturated carbocycles. The molecule has 0 aromatic heterocycles. The summed E-state index contributed by atoms with van der Waals surface area (Å²) in [7, 11) is 0. The molecule has 0 spiro atoms. The van der Waals surface area contributed by atoms with Crippen LogP contribution in [0.15, 0.2) is 12.2 Å². The maximum absolute atomic E-state index is 11.2. The van der Waals surface area contributed by atoms with E-state index in [1.807, 2.05) is 0 Å². The Labute approximate surface area is 138 Å². The van der Waals surface area contributed by atoms with Gasteiger partial charge in [0.25, 0.3) is 0 Å². The standard InChI is InChI=1S/C20H38O2/c1-5-7-11-15-19(14-6-2)16-12-9-8-10-13-17-22-20(21)18(3)4/h19H,3,5-17H2,1-2,4H3. The van der Waals surface area contributed by atoms with Gasteiger partial charge in [0.2, 0.25) is 0 Å². The summed E-state index contributed by atoms with van der Waals surface area (Å²) in [6.45, 7) is 10.4. The highest BCUT2D eigenvalue weighted by Gasteiger charge is 2.07. The minimum Gasteiger partial charge on any atom is -0.462 e. The molecule has 0 bridgehead atoms. The normalized spacial score (nSPS) is 12.1. The number of hydrogen-bond donors (Lipinski definition) is 0. The van der Waals surface area contributed by atoms with Crippen LogP contribution >= 0.6 is 0 Å². The average Bonchev–Trinajstić information content (AvgIpc) is 2.49. The molecule has 0 amide bonds. The van der Waals surface area contributed by atoms with Gasteiger partial charge >= 0.3 is 5.97 Å². The summed E-state index contributed by atoms with van der Waals surface area (Å²) >= 11 is 0. The molecule has 0 fully saturated rings. The Morgan fingerprint density at radius 2 is 1.45 bits per heavy atom. The fraction of sp³-hybridized carbons (Fsp3) is 0.850. The smallest absolute Gasteiger partial charge is 0.333 e. The van der Waals surface area contributed by atoms with E-state index in [1.54, 1.807) is 6.92 Å². The number of ether oxygens (including phenoxy) is 1. The van der Waals surface area contributed by atoms with Crippen LogP contribution in [0.2, 0.25) is 0 Å². The third-order valence-electron chi connectivity index (χ3n) is 4.25. The van der Waals surface area contributed by atoms with Crippen molar-refractivity contribution in [3.05, 3.63) is 12.2 Å². The summed E-state index contributed by atoms with van der Waals surface area (Å²) in [5.74, 6) is 0.697. The summed E-state index contributed by atoms with van der Waals surface area (Å²) < 4.78 is 5.10. The molecule has 0 N–H and O–H groups in total. The second-order valence-corrected chi connectivity index (χ2v) is 6.62. The van der Waals surface area contributed by atoms with Crippen molar-refractivity contribution >= 4 is 5.97 Å².